The fourth-order valence-electron chi connectivity index (χ4n) is 4.24. The number of likely N-dealkylation sites (N-methyl/N-ethyl adjacent to an activating group) is 1. The van der Waals surface area contributed by atoms with E-state index in [4.69, 9.17) is 0 Å². The summed E-state index contributed by atoms with van der Waals surface area (Å²) in [5, 5.41) is 1.28. The van der Waals surface area contributed by atoms with Gasteiger partial charge in [0.1, 0.15) is 0 Å². The molecule has 0 N–H and O–H groups in total. The first-order valence-electron chi connectivity index (χ1n) is 11.2. The molecule has 0 amide bonds. The van der Waals surface area contributed by atoms with Gasteiger partial charge in [0.15, 0.2) is 18.9 Å². The van der Waals surface area contributed by atoms with Crippen molar-refractivity contribution in [3.63, 3.8) is 0 Å². The average molecular weight is 411 g/mol. The zero-order chi connectivity index (χ0) is 21.6. The first kappa shape index (κ1) is 21.1. The van der Waals surface area contributed by atoms with Crippen molar-refractivity contribution in [3.05, 3.63) is 90.3 Å². The Hall–Kier alpha value is -3.17. The van der Waals surface area contributed by atoms with Crippen LogP contribution in [0.1, 0.15) is 25.0 Å². The van der Waals surface area contributed by atoms with Crippen molar-refractivity contribution < 1.29 is 4.57 Å². The highest BCUT2D eigenvalue weighted by Crippen LogP contribution is 2.34. The Balaban J connectivity index is 1.63. The van der Waals surface area contributed by atoms with Crippen LogP contribution >= 0.6 is 0 Å². The van der Waals surface area contributed by atoms with E-state index in [1.165, 1.54) is 33.3 Å². The largest absolute Gasteiger partial charge is 0.343 e. The highest BCUT2D eigenvalue weighted by molar-refractivity contribution is 5.99. The molecule has 0 saturated heterocycles. The van der Waals surface area contributed by atoms with E-state index in [9.17, 15) is 0 Å². The molecule has 4 rings (SSSR count). The molecule has 0 unspecified atom stereocenters. The highest BCUT2D eigenvalue weighted by atomic mass is 15.1. The van der Waals surface area contributed by atoms with E-state index in [0.29, 0.717) is 0 Å². The third kappa shape index (κ3) is 4.62. The predicted octanol–water partition coefficient (Wildman–Crippen LogP) is 5.65. The number of para-hydroxylation sites is 1. The summed E-state index contributed by atoms with van der Waals surface area (Å²) in [5.41, 5.74) is 6.23. The zero-order valence-electron chi connectivity index (χ0n) is 18.8. The van der Waals surface area contributed by atoms with Gasteiger partial charge in [-0.1, -0.05) is 74.5 Å². The van der Waals surface area contributed by atoms with E-state index in [2.05, 4.69) is 126 Å². The molecule has 3 heteroatoms. The molecule has 4 aromatic rings. The van der Waals surface area contributed by atoms with Crippen molar-refractivity contribution in [1.29, 1.82) is 0 Å². The molecule has 0 atom stereocenters. The molecule has 0 fully saturated rings. The minimum Gasteiger partial charge on any atom is -0.343 e. The van der Waals surface area contributed by atoms with Crippen molar-refractivity contribution in [2.75, 3.05) is 19.6 Å². The second-order valence-electron chi connectivity index (χ2n) is 7.93. The van der Waals surface area contributed by atoms with Crippen molar-refractivity contribution in [2.24, 2.45) is 7.05 Å². The predicted molar refractivity (Wildman–Crippen MR) is 132 cm³/mol. The van der Waals surface area contributed by atoms with Crippen LogP contribution in [-0.4, -0.2) is 29.1 Å². The number of hydrogen-bond donors (Lipinski definition) is 0. The van der Waals surface area contributed by atoms with Crippen LogP contribution in [0.4, 0.5) is 0 Å². The summed E-state index contributed by atoms with van der Waals surface area (Å²) in [6.07, 6.45) is 8.86. The molecular formula is C28H32N3+. The first-order chi connectivity index (χ1) is 15.2. The molecule has 0 saturated carbocycles. The van der Waals surface area contributed by atoms with Crippen LogP contribution in [0.25, 0.3) is 34.3 Å². The molecule has 0 aliphatic rings. The Kier molecular flexibility index (Phi) is 6.63. The van der Waals surface area contributed by atoms with E-state index in [-0.39, 0.29) is 0 Å². The zero-order valence-corrected chi connectivity index (χ0v) is 18.8. The topological polar surface area (TPSA) is 12.1 Å². The smallest absolute Gasteiger partial charge is 0.169 e. The van der Waals surface area contributed by atoms with Crippen molar-refractivity contribution in [2.45, 2.75) is 20.4 Å². The Labute approximate surface area is 185 Å². The summed E-state index contributed by atoms with van der Waals surface area (Å²) < 4.78 is 4.57. The molecule has 2 aromatic heterocycles. The summed E-state index contributed by atoms with van der Waals surface area (Å²) in [4.78, 5) is 2.45. The first-order valence-corrected chi connectivity index (χ1v) is 11.2. The van der Waals surface area contributed by atoms with Gasteiger partial charge in [0, 0.05) is 35.6 Å². The number of aromatic nitrogens is 2. The normalized spacial score (nSPS) is 11.7. The lowest BCUT2D eigenvalue weighted by Gasteiger charge is -2.15. The van der Waals surface area contributed by atoms with Gasteiger partial charge in [-0.3, -0.25) is 4.90 Å². The van der Waals surface area contributed by atoms with E-state index >= 15 is 0 Å². The number of benzene rings is 2. The second kappa shape index (κ2) is 9.76. The lowest BCUT2D eigenvalue weighted by molar-refractivity contribution is -0.696. The van der Waals surface area contributed by atoms with Gasteiger partial charge < -0.3 is 4.57 Å². The molecule has 2 heterocycles. The van der Waals surface area contributed by atoms with E-state index in [1.807, 2.05) is 0 Å². The number of nitrogens with zero attached hydrogens (tertiary/aromatic N) is 3. The fourth-order valence-corrected chi connectivity index (χ4v) is 4.24. The molecule has 31 heavy (non-hydrogen) atoms. The molecule has 0 aliphatic carbocycles. The van der Waals surface area contributed by atoms with Crippen LogP contribution in [0.3, 0.4) is 0 Å². The van der Waals surface area contributed by atoms with Gasteiger partial charge in [0.2, 0.25) is 0 Å². The Morgan fingerprint density at radius 3 is 2.23 bits per heavy atom. The summed E-state index contributed by atoms with van der Waals surface area (Å²) in [6.45, 7) is 8.76. The van der Waals surface area contributed by atoms with Crippen molar-refractivity contribution >= 4 is 23.1 Å². The van der Waals surface area contributed by atoms with Crippen LogP contribution in [0, 0.1) is 0 Å². The summed E-state index contributed by atoms with van der Waals surface area (Å²) in [7, 11) is 2.16. The molecule has 0 spiro atoms. The third-order valence-electron chi connectivity index (χ3n) is 6.12. The van der Waals surface area contributed by atoms with Gasteiger partial charge in [-0.15, -0.1) is 0 Å². The van der Waals surface area contributed by atoms with E-state index in [1.54, 1.807) is 0 Å². The number of pyridine rings is 1. The van der Waals surface area contributed by atoms with Gasteiger partial charge in [-0.05, 0) is 30.3 Å². The van der Waals surface area contributed by atoms with Gasteiger partial charge in [0.05, 0.1) is 12.2 Å². The van der Waals surface area contributed by atoms with E-state index in [0.717, 1.165) is 26.2 Å². The molecule has 2 aromatic carbocycles. The number of hydrogen-bond acceptors (Lipinski definition) is 1. The van der Waals surface area contributed by atoms with Crippen LogP contribution in [-0.2, 0) is 13.6 Å². The minimum atomic E-state index is 1.02. The third-order valence-corrected chi connectivity index (χ3v) is 6.12. The molecule has 0 bridgehead atoms. The second-order valence-corrected chi connectivity index (χ2v) is 7.93. The van der Waals surface area contributed by atoms with Crippen LogP contribution in [0.5, 0.6) is 0 Å². The molecule has 3 nitrogen and oxygen atoms in total. The molecule has 0 radical (unpaired) electrons. The van der Waals surface area contributed by atoms with Gasteiger partial charge in [-0.2, -0.15) is 0 Å². The fraction of sp³-hybridized carbons (Fsp3) is 0.250. The van der Waals surface area contributed by atoms with Crippen LogP contribution < -0.4 is 4.57 Å². The Morgan fingerprint density at radius 1 is 0.839 bits per heavy atom. The van der Waals surface area contributed by atoms with Gasteiger partial charge >= 0.3 is 0 Å². The van der Waals surface area contributed by atoms with Crippen molar-refractivity contribution in [3.8, 4) is 11.3 Å². The van der Waals surface area contributed by atoms with Crippen LogP contribution in [0.15, 0.2) is 79.1 Å². The van der Waals surface area contributed by atoms with Gasteiger partial charge in [-0.25, -0.2) is 4.57 Å². The molecule has 0 aliphatic heterocycles. The maximum atomic E-state index is 2.45. The molecular weight excluding hydrogens is 378 g/mol. The average Bonchev–Trinajstić information content (AvgIpc) is 3.11. The molecule has 158 valence electrons. The SMILES string of the molecule is CCN(CC)CC[n+]1ccc(C=Cc2c(-c3ccccc3)n(C)c3ccccc23)cc1. The lowest BCUT2D eigenvalue weighted by atomic mass is 10.0. The minimum absolute atomic E-state index is 1.02. The van der Waals surface area contributed by atoms with E-state index < -0.39 is 0 Å². The summed E-state index contributed by atoms with van der Waals surface area (Å²) >= 11 is 0. The standard InChI is InChI=1S/C28H32N3/c1-4-30(5-2)21-22-31-19-17-23(18-20-31)15-16-26-25-13-9-10-14-27(25)29(3)28(26)24-11-7-6-8-12-24/h6-20H,4-5,21-22H2,1-3H3/q+1. The monoisotopic (exact) mass is 410 g/mol. The Morgan fingerprint density at radius 2 is 1.52 bits per heavy atom. The van der Waals surface area contributed by atoms with Gasteiger partial charge in [0.25, 0.3) is 0 Å². The number of rotatable bonds is 8. The lowest BCUT2D eigenvalue weighted by Crippen LogP contribution is -2.40. The number of fused-ring (bicyclic) bond motifs is 1. The number of aryl methyl sites for hydroxylation is 1. The highest BCUT2D eigenvalue weighted by Gasteiger charge is 2.14. The summed E-state index contributed by atoms with van der Waals surface area (Å²) in [6, 6.07) is 23.7. The Bertz CT molecular complexity index is 1150. The van der Waals surface area contributed by atoms with Crippen LogP contribution in [0.2, 0.25) is 0 Å². The maximum absolute atomic E-state index is 2.45. The summed E-state index contributed by atoms with van der Waals surface area (Å²) in [5.74, 6) is 0. The quantitative estimate of drug-likeness (QED) is 0.342. The maximum Gasteiger partial charge on any atom is 0.169 e. The van der Waals surface area contributed by atoms with Crippen molar-refractivity contribution in [1.82, 2.24) is 9.47 Å².